The maximum absolute atomic E-state index is 12.9. The summed E-state index contributed by atoms with van der Waals surface area (Å²) in [6.07, 6.45) is -4.38. The molecule has 0 bridgehead atoms. The lowest BCUT2D eigenvalue weighted by atomic mass is 10.0. The Morgan fingerprint density at radius 2 is 1.79 bits per heavy atom. The largest absolute Gasteiger partial charge is 0.465 e. The molecule has 0 spiro atoms. The molecule has 1 aromatic heterocycles. The fourth-order valence-electron chi connectivity index (χ4n) is 3.43. The molecule has 1 aliphatic rings. The van der Waals surface area contributed by atoms with Crippen LogP contribution in [0.15, 0.2) is 33.2 Å². The van der Waals surface area contributed by atoms with E-state index in [2.05, 4.69) is 26.1 Å². The Hall–Kier alpha value is -1.84. The standard InChI is InChI=1S/C20H22BrF3N2O3/c1-12-17(18(21)13(2)29-12)19(27)25-11-16(26-7-9-28-10-8-26)14-3-5-15(6-4-14)20(22,23)24/h3-6,16H,7-11H2,1-2H3,(H,25,27). The van der Waals surface area contributed by atoms with Gasteiger partial charge in [0.1, 0.15) is 11.5 Å². The van der Waals surface area contributed by atoms with Crippen molar-refractivity contribution in [3.63, 3.8) is 0 Å². The number of nitrogens with one attached hydrogen (secondary N) is 1. The van der Waals surface area contributed by atoms with Crippen LogP contribution >= 0.6 is 15.9 Å². The summed E-state index contributed by atoms with van der Waals surface area (Å²) in [4.78, 5) is 14.8. The first-order valence-electron chi connectivity index (χ1n) is 9.21. The first-order chi connectivity index (χ1) is 13.7. The maximum atomic E-state index is 12.9. The number of carbonyl (C=O) groups excluding carboxylic acids is 1. The molecule has 158 valence electrons. The van der Waals surface area contributed by atoms with Crippen molar-refractivity contribution in [3.05, 3.63) is 56.9 Å². The van der Waals surface area contributed by atoms with Crippen LogP contribution in [0, 0.1) is 13.8 Å². The minimum Gasteiger partial charge on any atom is -0.465 e. The van der Waals surface area contributed by atoms with Crippen LogP contribution in [0.4, 0.5) is 13.2 Å². The number of aryl methyl sites for hydroxylation is 2. The number of carbonyl (C=O) groups is 1. The average Bonchev–Trinajstić information content (AvgIpc) is 2.94. The fourth-order valence-corrected chi connectivity index (χ4v) is 3.97. The molecule has 2 aromatic rings. The van der Waals surface area contributed by atoms with Gasteiger partial charge in [0.2, 0.25) is 0 Å². The third-order valence-electron chi connectivity index (χ3n) is 4.98. The summed E-state index contributed by atoms with van der Waals surface area (Å²) >= 11 is 3.37. The summed E-state index contributed by atoms with van der Waals surface area (Å²) in [5, 5.41) is 2.90. The van der Waals surface area contributed by atoms with Crippen LogP contribution in [-0.2, 0) is 10.9 Å². The van der Waals surface area contributed by atoms with Gasteiger partial charge in [0.05, 0.1) is 34.9 Å². The number of benzene rings is 1. The summed E-state index contributed by atoms with van der Waals surface area (Å²) in [5.74, 6) is 0.820. The third-order valence-corrected chi connectivity index (χ3v) is 5.93. The van der Waals surface area contributed by atoms with Crippen molar-refractivity contribution in [1.29, 1.82) is 0 Å². The predicted octanol–water partition coefficient (Wildman–Crippen LogP) is 4.48. The number of hydrogen-bond acceptors (Lipinski definition) is 4. The molecule has 2 heterocycles. The Morgan fingerprint density at radius 3 is 2.31 bits per heavy atom. The molecule has 1 N–H and O–H groups in total. The Morgan fingerprint density at radius 1 is 1.17 bits per heavy atom. The Bertz CT molecular complexity index is 859. The molecule has 1 unspecified atom stereocenters. The van der Waals surface area contributed by atoms with Gasteiger partial charge in [0, 0.05) is 19.6 Å². The maximum Gasteiger partial charge on any atom is 0.416 e. The van der Waals surface area contributed by atoms with Gasteiger partial charge in [-0.25, -0.2) is 0 Å². The molecule has 3 rings (SSSR count). The van der Waals surface area contributed by atoms with E-state index in [1.54, 1.807) is 13.8 Å². The molecule has 9 heteroatoms. The van der Waals surface area contributed by atoms with Crippen molar-refractivity contribution in [2.24, 2.45) is 0 Å². The molecule has 0 saturated carbocycles. The van der Waals surface area contributed by atoms with E-state index >= 15 is 0 Å². The van der Waals surface area contributed by atoms with Gasteiger partial charge in [-0.05, 0) is 47.5 Å². The van der Waals surface area contributed by atoms with Gasteiger partial charge in [-0.3, -0.25) is 9.69 Å². The molecule has 0 aliphatic carbocycles. The average molecular weight is 475 g/mol. The number of hydrogen-bond donors (Lipinski definition) is 1. The highest BCUT2D eigenvalue weighted by Crippen LogP contribution is 2.31. The van der Waals surface area contributed by atoms with Crippen LogP contribution in [0.3, 0.4) is 0 Å². The molecule has 29 heavy (non-hydrogen) atoms. The highest BCUT2D eigenvalue weighted by molar-refractivity contribution is 9.10. The highest BCUT2D eigenvalue weighted by atomic mass is 79.9. The number of nitrogens with zero attached hydrogens (tertiary/aromatic N) is 1. The summed E-state index contributed by atoms with van der Waals surface area (Å²) < 4.78 is 50.2. The van der Waals surface area contributed by atoms with E-state index in [0.717, 1.165) is 12.1 Å². The van der Waals surface area contributed by atoms with Crippen molar-refractivity contribution in [2.45, 2.75) is 26.1 Å². The van der Waals surface area contributed by atoms with Crippen molar-refractivity contribution in [1.82, 2.24) is 10.2 Å². The van der Waals surface area contributed by atoms with Gasteiger partial charge < -0.3 is 14.5 Å². The molecule has 1 aromatic carbocycles. The van der Waals surface area contributed by atoms with Gasteiger partial charge in [-0.15, -0.1) is 0 Å². The zero-order valence-electron chi connectivity index (χ0n) is 16.1. The second-order valence-corrected chi connectivity index (χ2v) is 7.69. The SMILES string of the molecule is Cc1oc(C)c(C(=O)NCC(c2ccc(C(F)(F)F)cc2)N2CCOCC2)c1Br. The fraction of sp³-hybridized carbons (Fsp3) is 0.450. The topological polar surface area (TPSA) is 54.7 Å². The van der Waals surface area contributed by atoms with Gasteiger partial charge in [0.25, 0.3) is 5.91 Å². The Kier molecular flexibility index (Phi) is 6.70. The molecule has 1 saturated heterocycles. The zero-order chi connectivity index (χ0) is 21.2. The van der Waals surface area contributed by atoms with Crippen molar-refractivity contribution >= 4 is 21.8 Å². The van der Waals surface area contributed by atoms with Crippen molar-refractivity contribution in [2.75, 3.05) is 32.8 Å². The molecule has 1 atom stereocenters. The highest BCUT2D eigenvalue weighted by Gasteiger charge is 2.31. The van der Waals surface area contributed by atoms with Crippen LogP contribution in [0.5, 0.6) is 0 Å². The Labute approximate surface area is 175 Å². The summed E-state index contributed by atoms with van der Waals surface area (Å²) in [7, 11) is 0. The van der Waals surface area contributed by atoms with E-state index in [-0.39, 0.29) is 18.5 Å². The molecular formula is C20H22BrF3N2O3. The molecular weight excluding hydrogens is 453 g/mol. The lowest BCUT2D eigenvalue weighted by molar-refractivity contribution is -0.137. The van der Waals surface area contributed by atoms with Crippen molar-refractivity contribution < 1.29 is 27.1 Å². The summed E-state index contributed by atoms with van der Waals surface area (Å²) in [6.45, 7) is 6.06. The van der Waals surface area contributed by atoms with E-state index in [0.29, 0.717) is 53.4 Å². The zero-order valence-corrected chi connectivity index (χ0v) is 17.7. The van der Waals surface area contributed by atoms with Crippen LogP contribution < -0.4 is 5.32 Å². The van der Waals surface area contributed by atoms with E-state index in [9.17, 15) is 18.0 Å². The minimum atomic E-state index is -4.38. The number of ether oxygens (including phenoxy) is 1. The third kappa shape index (κ3) is 5.02. The Balaban J connectivity index is 1.79. The lowest BCUT2D eigenvalue weighted by Gasteiger charge is -2.35. The number of morpholine rings is 1. The van der Waals surface area contributed by atoms with E-state index < -0.39 is 11.7 Å². The molecule has 0 radical (unpaired) electrons. The second-order valence-electron chi connectivity index (χ2n) is 6.90. The quantitative estimate of drug-likeness (QED) is 0.693. The number of amides is 1. The number of furan rings is 1. The van der Waals surface area contributed by atoms with Gasteiger partial charge in [-0.1, -0.05) is 12.1 Å². The van der Waals surface area contributed by atoms with Crippen LogP contribution in [0.2, 0.25) is 0 Å². The van der Waals surface area contributed by atoms with Gasteiger partial charge >= 0.3 is 6.18 Å². The number of alkyl halides is 3. The van der Waals surface area contributed by atoms with Crippen LogP contribution in [0.1, 0.15) is 39.0 Å². The summed E-state index contributed by atoms with van der Waals surface area (Å²) in [5.41, 5.74) is 0.439. The molecule has 1 aliphatic heterocycles. The monoisotopic (exact) mass is 474 g/mol. The van der Waals surface area contributed by atoms with E-state index in [1.807, 2.05) is 0 Å². The normalized spacial score (nSPS) is 16.6. The van der Waals surface area contributed by atoms with Crippen LogP contribution in [0.25, 0.3) is 0 Å². The van der Waals surface area contributed by atoms with Gasteiger partial charge in [-0.2, -0.15) is 13.2 Å². The summed E-state index contributed by atoms with van der Waals surface area (Å²) in [6, 6.07) is 4.82. The first kappa shape index (κ1) is 21.9. The molecule has 1 fully saturated rings. The van der Waals surface area contributed by atoms with E-state index in [4.69, 9.17) is 9.15 Å². The first-order valence-corrected chi connectivity index (χ1v) is 10.0. The number of halogens is 4. The smallest absolute Gasteiger partial charge is 0.416 e. The second kappa shape index (κ2) is 8.89. The molecule has 5 nitrogen and oxygen atoms in total. The lowest BCUT2D eigenvalue weighted by Crippen LogP contribution is -2.43. The minimum absolute atomic E-state index is 0.250. The van der Waals surface area contributed by atoms with E-state index in [1.165, 1.54) is 12.1 Å². The molecule has 1 amide bonds. The van der Waals surface area contributed by atoms with Gasteiger partial charge in [0.15, 0.2) is 0 Å². The van der Waals surface area contributed by atoms with Crippen molar-refractivity contribution in [3.8, 4) is 0 Å². The predicted molar refractivity (Wildman–Crippen MR) is 105 cm³/mol. The number of rotatable bonds is 5. The van der Waals surface area contributed by atoms with Crippen LogP contribution in [-0.4, -0.2) is 43.7 Å².